The van der Waals surface area contributed by atoms with Crippen molar-refractivity contribution in [1.29, 1.82) is 0 Å². The number of benzene rings is 1. The van der Waals surface area contributed by atoms with Crippen LogP contribution < -0.4 is 4.74 Å². The summed E-state index contributed by atoms with van der Waals surface area (Å²) in [6, 6.07) is 3.14. The van der Waals surface area contributed by atoms with Crippen molar-refractivity contribution in [1.82, 2.24) is 4.90 Å². The van der Waals surface area contributed by atoms with E-state index in [0.717, 1.165) is 5.57 Å². The van der Waals surface area contributed by atoms with Gasteiger partial charge in [0.1, 0.15) is 18.0 Å². The third kappa shape index (κ3) is 7.16. The number of aldehydes is 1. The Morgan fingerprint density at radius 2 is 1.90 bits per heavy atom. The number of ether oxygens (including phenoxy) is 3. The van der Waals surface area contributed by atoms with E-state index in [-0.39, 0.29) is 29.6 Å². The minimum absolute atomic E-state index is 0.132. The Morgan fingerprint density at radius 3 is 2.40 bits per heavy atom. The molecule has 8 heteroatoms. The predicted molar refractivity (Wildman–Crippen MR) is 118 cm³/mol. The maximum atomic E-state index is 12.1. The topological polar surface area (TPSA) is 82.1 Å². The van der Waals surface area contributed by atoms with Gasteiger partial charge in [0.05, 0.1) is 22.7 Å². The van der Waals surface area contributed by atoms with Gasteiger partial charge in [0.15, 0.2) is 6.29 Å². The maximum absolute atomic E-state index is 12.1. The molecule has 0 bridgehead atoms. The van der Waals surface area contributed by atoms with Crippen molar-refractivity contribution in [2.75, 3.05) is 26.8 Å². The van der Waals surface area contributed by atoms with Crippen LogP contribution in [-0.4, -0.2) is 55.7 Å². The fourth-order valence-corrected chi connectivity index (χ4v) is 3.08. The monoisotopic (exact) mass is 483 g/mol. The number of carbonyl (C=O) groups is 3. The summed E-state index contributed by atoms with van der Waals surface area (Å²) in [6.07, 6.45) is 2.77. The molecule has 30 heavy (non-hydrogen) atoms. The van der Waals surface area contributed by atoms with Gasteiger partial charge in [-0.25, -0.2) is 9.59 Å². The number of carbonyl (C=O) groups excluding carboxylic acids is 3. The molecule has 0 radical (unpaired) electrons. The van der Waals surface area contributed by atoms with Crippen molar-refractivity contribution in [2.45, 2.75) is 46.6 Å². The Morgan fingerprint density at radius 1 is 1.23 bits per heavy atom. The maximum Gasteiger partial charge on any atom is 0.410 e. The number of halogens is 1. The van der Waals surface area contributed by atoms with Gasteiger partial charge in [-0.2, -0.15) is 0 Å². The molecule has 0 aliphatic carbocycles. The van der Waals surface area contributed by atoms with Crippen LogP contribution in [0.5, 0.6) is 5.75 Å². The molecule has 1 aromatic carbocycles. The molecule has 0 fully saturated rings. The quantitative estimate of drug-likeness (QED) is 0.332. The molecule has 0 atom stereocenters. The highest BCUT2D eigenvalue weighted by Crippen LogP contribution is 2.32. The first-order chi connectivity index (χ1) is 14.2. The van der Waals surface area contributed by atoms with Crippen LogP contribution in [-0.2, 0) is 9.47 Å². The SMILES string of the molecule is CC.COC(=O)c1ccc(Br)c(OCC2=CCN(C(=O)OC(C)(C)C)CC2)c1C=O. The zero-order chi connectivity index (χ0) is 22.9. The molecule has 0 unspecified atom stereocenters. The molecule has 166 valence electrons. The van der Waals surface area contributed by atoms with E-state index in [0.29, 0.717) is 30.3 Å². The number of hydrogen-bond acceptors (Lipinski definition) is 6. The second kappa shape index (κ2) is 11.7. The summed E-state index contributed by atoms with van der Waals surface area (Å²) in [7, 11) is 1.25. The van der Waals surface area contributed by atoms with Gasteiger partial charge < -0.3 is 19.1 Å². The minimum atomic E-state index is -0.607. The second-order valence-corrected chi connectivity index (χ2v) is 8.13. The van der Waals surface area contributed by atoms with E-state index >= 15 is 0 Å². The first-order valence-electron chi connectivity index (χ1n) is 9.81. The van der Waals surface area contributed by atoms with Crippen molar-refractivity contribution in [3.63, 3.8) is 0 Å². The highest BCUT2D eigenvalue weighted by molar-refractivity contribution is 9.10. The predicted octanol–water partition coefficient (Wildman–Crippen LogP) is 5.02. The first-order valence-corrected chi connectivity index (χ1v) is 10.6. The second-order valence-electron chi connectivity index (χ2n) is 7.27. The van der Waals surface area contributed by atoms with Gasteiger partial charge in [-0.3, -0.25) is 4.79 Å². The molecule has 1 heterocycles. The van der Waals surface area contributed by atoms with E-state index in [1.807, 2.05) is 40.7 Å². The summed E-state index contributed by atoms with van der Waals surface area (Å²) in [4.78, 5) is 37.1. The fraction of sp³-hybridized carbons (Fsp3) is 0.500. The summed E-state index contributed by atoms with van der Waals surface area (Å²) < 4.78 is 16.5. The molecule has 0 saturated heterocycles. The molecular formula is C22H30BrNO6. The van der Waals surface area contributed by atoms with Crippen LogP contribution in [0.1, 0.15) is 61.8 Å². The van der Waals surface area contributed by atoms with Crippen LogP contribution in [0, 0.1) is 0 Å². The van der Waals surface area contributed by atoms with Gasteiger partial charge in [0.2, 0.25) is 0 Å². The smallest absolute Gasteiger partial charge is 0.410 e. The van der Waals surface area contributed by atoms with E-state index in [2.05, 4.69) is 15.9 Å². The largest absolute Gasteiger partial charge is 0.487 e. The number of rotatable bonds is 5. The molecule has 0 saturated carbocycles. The lowest BCUT2D eigenvalue weighted by Gasteiger charge is -2.29. The van der Waals surface area contributed by atoms with Crippen LogP contribution in [0.25, 0.3) is 0 Å². The lowest BCUT2D eigenvalue weighted by molar-refractivity contribution is 0.0263. The van der Waals surface area contributed by atoms with E-state index in [1.165, 1.54) is 13.2 Å². The third-order valence-corrected chi connectivity index (χ3v) is 4.65. The average Bonchev–Trinajstić information content (AvgIpc) is 2.72. The van der Waals surface area contributed by atoms with Crippen LogP contribution in [0.4, 0.5) is 4.79 Å². The van der Waals surface area contributed by atoms with E-state index in [9.17, 15) is 14.4 Å². The van der Waals surface area contributed by atoms with Gasteiger partial charge in [-0.1, -0.05) is 19.9 Å². The summed E-state index contributed by atoms with van der Waals surface area (Å²) in [6.45, 7) is 10.7. The van der Waals surface area contributed by atoms with E-state index in [4.69, 9.17) is 14.2 Å². The van der Waals surface area contributed by atoms with E-state index in [1.54, 1.807) is 11.0 Å². The lowest BCUT2D eigenvalue weighted by Crippen LogP contribution is -2.39. The Balaban J connectivity index is 0.00000218. The Kier molecular flexibility index (Phi) is 10.0. The molecule has 2 rings (SSSR count). The van der Waals surface area contributed by atoms with Crippen LogP contribution in [0.3, 0.4) is 0 Å². The first kappa shape index (κ1) is 25.7. The Labute approximate surface area is 186 Å². The third-order valence-electron chi connectivity index (χ3n) is 4.03. The van der Waals surface area contributed by atoms with Gasteiger partial charge in [-0.05, 0) is 60.8 Å². The van der Waals surface area contributed by atoms with Crippen molar-refractivity contribution in [3.8, 4) is 5.75 Å². The molecule has 7 nitrogen and oxygen atoms in total. The molecule has 1 amide bonds. The van der Waals surface area contributed by atoms with Gasteiger partial charge >= 0.3 is 12.1 Å². The minimum Gasteiger partial charge on any atom is -0.487 e. The summed E-state index contributed by atoms with van der Waals surface area (Å²) >= 11 is 3.35. The van der Waals surface area contributed by atoms with Crippen LogP contribution in [0.15, 0.2) is 28.3 Å². The van der Waals surface area contributed by atoms with Gasteiger partial charge in [-0.15, -0.1) is 0 Å². The standard InChI is InChI=1S/C20H24BrNO6.C2H6/c1-20(2,3)28-19(25)22-9-7-13(8-10-22)12-27-17-15(11-23)14(18(24)26-4)5-6-16(17)21;1-2/h5-7,11H,8-10,12H2,1-4H3;1-2H3. The molecule has 0 spiro atoms. The van der Waals surface area contributed by atoms with Crippen LogP contribution in [0.2, 0.25) is 0 Å². The number of esters is 1. The summed E-state index contributed by atoms with van der Waals surface area (Å²) in [5.74, 6) is -0.322. The van der Waals surface area contributed by atoms with Crippen LogP contribution >= 0.6 is 15.9 Å². The molecule has 0 aromatic heterocycles. The highest BCUT2D eigenvalue weighted by atomic mass is 79.9. The van der Waals surface area contributed by atoms with Gasteiger partial charge in [0, 0.05) is 13.1 Å². The number of methoxy groups -OCH3 is 1. The molecule has 1 aliphatic rings. The lowest BCUT2D eigenvalue weighted by atomic mass is 10.1. The summed E-state index contributed by atoms with van der Waals surface area (Å²) in [5, 5.41) is 0. The molecule has 1 aliphatic heterocycles. The van der Waals surface area contributed by atoms with Crippen molar-refractivity contribution >= 4 is 34.3 Å². The number of nitrogens with zero attached hydrogens (tertiary/aromatic N) is 1. The zero-order valence-corrected chi connectivity index (χ0v) is 20.0. The molecule has 1 aromatic rings. The number of amides is 1. The van der Waals surface area contributed by atoms with Gasteiger partial charge in [0.25, 0.3) is 0 Å². The zero-order valence-electron chi connectivity index (χ0n) is 18.4. The van der Waals surface area contributed by atoms with Crippen molar-refractivity contribution in [2.24, 2.45) is 0 Å². The summed E-state index contributed by atoms with van der Waals surface area (Å²) in [5.41, 5.74) is 0.733. The Bertz CT molecular complexity index is 798. The normalized spacial score (nSPS) is 13.4. The van der Waals surface area contributed by atoms with Crippen molar-refractivity contribution < 1.29 is 28.6 Å². The highest BCUT2D eigenvalue weighted by Gasteiger charge is 2.24. The Hall–Kier alpha value is -2.35. The number of hydrogen-bond donors (Lipinski definition) is 0. The molecular weight excluding hydrogens is 454 g/mol. The average molecular weight is 484 g/mol. The fourth-order valence-electron chi connectivity index (χ4n) is 2.62. The molecule has 0 N–H and O–H groups in total. The van der Waals surface area contributed by atoms with E-state index < -0.39 is 11.6 Å². The van der Waals surface area contributed by atoms with Crippen molar-refractivity contribution in [3.05, 3.63) is 39.4 Å².